The van der Waals surface area contributed by atoms with Crippen LogP contribution in [0.4, 0.5) is 0 Å². The van der Waals surface area contributed by atoms with Crippen molar-refractivity contribution in [3.05, 3.63) is 53.9 Å². The molecule has 0 saturated carbocycles. The minimum Gasteiger partial charge on any atom is -0.507 e. The van der Waals surface area contributed by atoms with Gasteiger partial charge in [0.05, 0.1) is 10.4 Å². The van der Waals surface area contributed by atoms with Crippen molar-refractivity contribution in [2.45, 2.75) is 0 Å². The van der Waals surface area contributed by atoms with E-state index in [9.17, 15) is 5.11 Å². The van der Waals surface area contributed by atoms with Crippen LogP contribution in [0.5, 0.6) is 5.75 Å². The first-order valence-corrected chi connectivity index (χ1v) is 7.29. The first-order chi connectivity index (χ1) is 10.3. The van der Waals surface area contributed by atoms with E-state index in [-0.39, 0.29) is 5.75 Å². The molecule has 102 valence electrons. The second kappa shape index (κ2) is 4.71. The molecule has 4 aromatic rings. The number of rotatable bonds is 2. The molecule has 0 saturated heterocycles. The van der Waals surface area contributed by atoms with Crippen molar-refractivity contribution in [1.82, 2.24) is 10.2 Å². The van der Waals surface area contributed by atoms with Gasteiger partial charge in [-0.3, -0.25) is 0 Å². The Hall–Kier alpha value is -2.66. The molecule has 0 atom stereocenters. The number of nitrogens with zero attached hydrogens (tertiary/aromatic N) is 2. The van der Waals surface area contributed by atoms with E-state index in [1.165, 1.54) is 11.3 Å². The fourth-order valence-corrected chi connectivity index (χ4v) is 2.95. The van der Waals surface area contributed by atoms with Crippen molar-refractivity contribution in [1.29, 1.82) is 0 Å². The molecule has 0 bridgehead atoms. The Morgan fingerprint density at radius 1 is 0.905 bits per heavy atom. The summed E-state index contributed by atoms with van der Waals surface area (Å²) in [4.78, 5) is 0.911. The molecule has 0 spiro atoms. The van der Waals surface area contributed by atoms with E-state index in [2.05, 4.69) is 10.2 Å². The van der Waals surface area contributed by atoms with E-state index < -0.39 is 0 Å². The monoisotopic (exact) mass is 294 g/mol. The van der Waals surface area contributed by atoms with Crippen molar-refractivity contribution < 1.29 is 9.52 Å². The number of aromatic nitrogens is 2. The fourth-order valence-electron chi connectivity index (χ4n) is 2.31. The third-order valence-corrected chi connectivity index (χ3v) is 4.14. The summed E-state index contributed by atoms with van der Waals surface area (Å²) >= 11 is 1.53. The van der Waals surface area contributed by atoms with Gasteiger partial charge in [0.25, 0.3) is 11.8 Å². The Bertz CT molecular complexity index is 913. The quantitative estimate of drug-likeness (QED) is 0.598. The Morgan fingerprint density at radius 3 is 2.62 bits per heavy atom. The minimum absolute atomic E-state index is 0.134. The van der Waals surface area contributed by atoms with Gasteiger partial charge in [-0.05, 0) is 28.3 Å². The van der Waals surface area contributed by atoms with Crippen molar-refractivity contribution in [2.24, 2.45) is 0 Å². The molecule has 0 aliphatic rings. The summed E-state index contributed by atoms with van der Waals surface area (Å²) in [7, 11) is 0. The van der Waals surface area contributed by atoms with E-state index in [1.54, 1.807) is 6.07 Å². The number of phenolic OH excluding ortho intramolecular Hbond substituents is 1. The summed E-state index contributed by atoms with van der Waals surface area (Å²) < 4.78 is 5.73. The summed E-state index contributed by atoms with van der Waals surface area (Å²) in [6.45, 7) is 0. The number of phenols is 1. The molecule has 2 aromatic carbocycles. The van der Waals surface area contributed by atoms with E-state index in [4.69, 9.17) is 4.42 Å². The van der Waals surface area contributed by atoms with Gasteiger partial charge in [-0.15, -0.1) is 21.5 Å². The predicted octanol–water partition coefficient (Wildman–Crippen LogP) is 4.32. The van der Waals surface area contributed by atoms with E-state index in [1.807, 2.05) is 47.8 Å². The van der Waals surface area contributed by atoms with Gasteiger partial charge in [-0.25, -0.2) is 0 Å². The number of hydrogen-bond acceptors (Lipinski definition) is 5. The maximum atomic E-state index is 10.2. The number of aromatic hydroxyl groups is 1. The molecule has 21 heavy (non-hydrogen) atoms. The van der Waals surface area contributed by atoms with Crippen LogP contribution < -0.4 is 0 Å². The highest BCUT2D eigenvalue weighted by molar-refractivity contribution is 7.13. The van der Waals surface area contributed by atoms with Crippen LogP contribution in [0, 0.1) is 0 Å². The molecule has 1 N–H and O–H groups in total. The zero-order valence-electron chi connectivity index (χ0n) is 10.9. The van der Waals surface area contributed by atoms with Crippen molar-refractivity contribution in [2.75, 3.05) is 0 Å². The number of fused-ring (bicyclic) bond motifs is 1. The largest absolute Gasteiger partial charge is 0.507 e. The van der Waals surface area contributed by atoms with Crippen LogP contribution in [-0.2, 0) is 0 Å². The van der Waals surface area contributed by atoms with Crippen LogP contribution in [0.2, 0.25) is 0 Å². The van der Waals surface area contributed by atoms with Gasteiger partial charge in [-0.1, -0.05) is 36.4 Å². The highest BCUT2D eigenvalue weighted by Gasteiger charge is 2.17. The normalized spacial score (nSPS) is 11.0. The highest BCUT2D eigenvalue weighted by Crippen LogP contribution is 2.37. The summed E-state index contributed by atoms with van der Waals surface area (Å²) in [6, 6.07) is 15.1. The second-order valence-electron chi connectivity index (χ2n) is 4.57. The SMILES string of the molecule is Oc1ccc2ccccc2c1-c1nnc(-c2cccs2)o1. The van der Waals surface area contributed by atoms with Crippen molar-refractivity contribution in [3.63, 3.8) is 0 Å². The minimum atomic E-state index is 0.134. The Balaban J connectivity index is 1.93. The number of hydrogen-bond donors (Lipinski definition) is 1. The van der Waals surface area contributed by atoms with Gasteiger partial charge < -0.3 is 9.52 Å². The summed E-state index contributed by atoms with van der Waals surface area (Å²) in [5.41, 5.74) is 0.573. The number of benzene rings is 2. The Labute approximate surface area is 124 Å². The van der Waals surface area contributed by atoms with Crippen LogP contribution in [0.1, 0.15) is 0 Å². The topological polar surface area (TPSA) is 59.2 Å². The van der Waals surface area contributed by atoms with Gasteiger partial charge in [0.2, 0.25) is 0 Å². The molecule has 0 fully saturated rings. The molecule has 4 rings (SSSR count). The molecule has 2 aromatic heterocycles. The van der Waals surface area contributed by atoms with Gasteiger partial charge >= 0.3 is 0 Å². The van der Waals surface area contributed by atoms with Crippen LogP contribution in [0.25, 0.3) is 33.0 Å². The molecule has 0 radical (unpaired) electrons. The predicted molar refractivity (Wildman–Crippen MR) is 82.2 cm³/mol. The molecule has 2 heterocycles. The lowest BCUT2D eigenvalue weighted by Gasteiger charge is -2.04. The summed E-state index contributed by atoms with van der Waals surface area (Å²) in [6.07, 6.45) is 0. The average molecular weight is 294 g/mol. The maximum Gasteiger partial charge on any atom is 0.258 e. The molecular weight excluding hydrogens is 284 g/mol. The average Bonchev–Trinajstić information content (AvgIpc) is 3.18. The first-order valence-electron chi connectivity index (χ1n) is 6.41. The zero-order chi connectivity index (χ0) is 14.2. The fraction of sp³-hybridized carbons (Fsp3) is 0. The highest BCUT2D eigenvalue weighted by atomic mass is 32.1. The second-order valence-corrected chi connectivity index (χ2v) is 5.52. The van der Waals surface area contributed by atoms with E-state index in [0.717, 1.165) is 15.6 Å². The van der Waals surface area contributed by atoms with Gasteiger partial charge in [-0.2, -0.15) is 0 Å². The van der Waals surface area contributed by atoms with Crippen LogP contribution in [0.15, 0.2) is 58.3 Å². The third-order valence-electron chi connectivity index (χ3n) is 3.28. The molecule has 5 heteroatoms. The third kappa shape index (κ3) is 1.98. The molecule has 4 nitrogen and oxygen atoms in total. The molecular formula is C16H10N2O2S. The lowest BCUT2D eigenvalue weighted by atomic mass is 10.0. The molecule has 0 amide bonds. The lowest BCUT2D eigenvalue weighted by molar-refractivity contribution is 0.474. The molecule has 0 aliphatic carbocycles. The zero-order valence-corrected chi connectivity index (χ0v) is 11.7. The summed E-state index contributed by atoms with van der Waals surface area (Å²) in [5, 5.41) is 22.2. The maximum absolute atomic E-state index is 10.2. The van der Waals surface area contributed by atoms with Crippen molar-refractivity contribution in [3.8, 4) is 28.0 Å². The lowest BCUT2D eigenvalue weighted by Crippen LogP contribution is -1.83. The van der Waals surface area contributed by atoms with Crippen LogP contribution in [0.3, 0.4) is 0 Å². The van der Waals surface area contributed by atoms with E-state index in [0.29, 0.717) is 17.3 Å². The van der Waals surface area contributed by atoms with Gasteiger partial charge in [0.1, 0.15) is 5.75 Å². The first kappa shape index (κ1) is 12.1. The molecule has 0 unspecified atom stereocenters. The van der Waals surface area contributed by atoms with Crippen molar-refractivity contribution >= 4 is 22.1 Å². The van der Waals surface area contributed by atoms with Crippen LogP contribution >= 0.6 is 11.3 Å². The Kier molecular flexibility index (Phi) is 2.72. The van der Waals surface area contributed by atoms with Gasteiger partial charge in [0, 0.05) is 0 Å². The Morgan fingerprint density at radius 2 is 1.76 bits per heavy atom. The summed E-state index contributed by atoms with van der Waals surface area (Å²) in [5.74, 6) is 0.926. The van der Waals surface area contributed by atoms with Gasteiger partial charge in [0.15, 0.2) is 0 Å². The standard InChI is InChI=1S/C16H10N2O2S/c19-12-8-7-10-4-1-2-5-11(10)14(12)16-18-17-15(20-16)13-6-3-9-21-13/h1-9,19H. The van der Waals surface area contributed by atoms with E-state index >= 15 is 0 Å². The smallest absolute Gasteiger partial charge is 0.258 e. The molecule has 0 aliphatic heterocycles. The number of thiophene rings is 1. The van der Waals surface area contributed by atoms with Crippen LogP contribution in [-0.4, -0.2) is 15.3 Å².